The van der Waals surface area contributed by atoms with Crippen molar-refractivity contribution in [3.05, 3.63) is 35.9 Å². The van der Waals surface area contributed by atoms with Crippen molar-refractivity contribution >= 4 is 11.8 Å². The molecule has 1 aliphatic carbocycles. The first-order valence-electron chi connectivity index (χ1n) is 7.53. The summed E-state index contributed by atoms with van der Waals surface area (Å²) in [5, 5.41) is 2.54. The van der Waals surface area contributed by atoms with Crippen molar-refractivity contribution < 1.29 is 9.59 Å². The summed E-state index contributed by atoms with van der Waals surface area (Å²) in [7, 11) is 0. The van der Waals surface area contributed by atoms with Gasteiger partial charge in [0.25, 0.3) is 0 Å². The summed E-state index contributed by atoms with van der Waals surface area (Å²) >= 11 is 0. The predicted octanol–water partition coefficient (Wildman–Crippen LogP) is 2.70. The monoisotopic (exact) mass is 271 g/mol. The number of imide groups is 1. The van der Waals surface area contributed by atoms with Crippen molar-refractivity contribution in [2.75, 3.05) is 0 Å². The molecule has 1 aromatic rings. The predicted molar refractivity (Wildman–Crippen MR) is 76.9 cm³/mol. The van der Waals surface area contributed by atoms with E-state index in [1.165, 1.54) is 18.4 Å². The molecule has 0 spiro atoms. The minimum absolute atomic E-state index is 0.0694. The van der Waals surface area contributed by atoms with Crippen molar-refractivity contribution in [3.8, 4) is 0 Å². The van der Waals surface area contributed by atoms with Gasteiger partial charge in [0.2, 0.25) is 11.8 Å². The van der Waals surface area contributed by atoms with Gasteiger partial charge in [-0.15, -0.1) is 0 Å². The fraction of sp³-hybridized carbons (Fsp3) is 0.529. The smallest absolute Gasteiger partial charge is 0.230 e. The van der Waals surface area contributed by atoms with E-state index in [1.54, 1.807) is 0 Å². The molecule has 2 aliphatic rings. The maximum atomic E-state index is 12.4. The molecule has 0 radical (unpaired) electrons. The van der Waals surface area contributed by atoms with E-state index in [2.05, 4.69) is 24.4 Å². The third kappa shape index (κ3) is 2.26. The molecule has 1 saturated carbocycles. The fourth-order valence-electron chi connectivity index (χ4n) is 3.84. The molecule has 106 valence electrons. The van der Waals surface area contributed by atoms with Crippen LogP contribution in [0.3, 0.4) is 0 Å². The van der Waals surface area contributed by atoms with Gasteiger partial charge in [-0.05, 0) is 42.6 Å². The first kappa shape index (κ1) is 13.3. The van der Waals surface area contributed by atoms with Crippen LogP contribution in [-0.4, -0.2) is 11.8 Å². The molecule has 1 aromatic carbocycles. The summed E-state index contributed by atoms with van der Waals surface area (Å²) in [5.41, 5.74) is 1.07. The van der Waals surface area contributed by atoms with E-state index in [-0.39, 0.29) is 23.1 Å². The van der Waals surface area contributed by atoms with Crippen molar-refractivity contribution in [2.24, 2.45) is 17.3 Å². The molecule has 1 N–H and O–H groups in total. The summed E-state index contributed by atoms with van der Waals surface area (Å²) < 4.78 is 0. The Balaban J connectivity index is 1.91. The van der Waals surface area contributed by atoms with Crippen LogP contribution < -0.4 is 5.32 Å². The van der Waals surface area contributed by atoms with Crippen molar-refractivity contribution in [2.45, 2.75) is 39.0 Å². The number of hydrogen-bond donors (Lipinski definition) is 1. The summed E-state index contributed by atoms with van der Waals surface area (Å²) in [6.45, 7) is 2.13. The molecule has 2 amide bonds. The Morgan fingerprint density at radius 2 is 1.90 bits per heavy atom. The Labute approximate surface area is 119 Å². The molecule has 0 aromatic heterocycles. The van der Waals surface area contributed by atoms with Gasteiger partial charge in [0.1, 0.15) is 0 Å². The van der Waals surface area contributed by atoms with Crippen molar-refractivity contribution in [3.63, 3.8) is 0 Å². The Morgan fingerprint density at radius 3 is 2.50 bits per heavy atom. The molecule has 3 rings (SSSR count). The van der Waals surface area contributed by atoms with Crippen LogP contribution >= 0.6 is 0 Å². The number of piperidine rings is 1. The molecule has 3 heteroatoms. The average Bonchev–Trinajstić information content (AvgIpc) is 3.27. The van der Waals surface area contributed by atoms with Gasteiger partial charge in [-0.25, -0.2) is 0 Å². The van der Waals surface area contributed by atoms with Crippen molar-refractivity contribution in [1.82, 2.24) is 5.32 Å². The number of rotatable bonds is 4. The highest BCUT2D eigenvalue weighted by atomic mass is 16.2. The summed E-state index contributed by atoms with van der Waals surface area (Å²) in [4.78, 5) is 24.2. The van der Waals surface area contributed by atoms with Crippen LogP contribution in [0.4, 0.5) is 0 Å². The molecule has 1 saturated heterocycles. The highest BCUT2D eigenvalue weighted by molar-refractivity contribution is 6.00. The Kier molecular flexibility index (Phi) is 3.36. The van der Waals surface area contributed by atoms with E-state index in [0.29, 0.717) is 12.3 Å². The van der Waals surface area contributed by atoms with Crippen LogP contribution in [0.2, 0.25) is 0 Å². The lowest BCUT2D eigenvalue weighted by molar-refractivity contribution is -0.145. The number of carbonyl (C=O) groups excluding carboxylic acids is 2. The second-order valence-corrected chi connectivity index (χ2v) is 6.19. The Morgan fingerprint density at radius 1 is 1.20 bits per heavy atom. The minimum atomic E-state index is -0.116. The second-order valence-electron chi connectivity index (χ2n) is 6.19. The molecule has 2 unspecified atom stereocenters. The third-order valence-corrected chi connectivity index (χ3v) is 5.09. The zero-order chi connectivity index (χ0) is 14.2. The average molecular weight is 271 g/mol. The topological polar surface area (TPSA) is 46.2 Å². The molecule has 3 nitrogen and oxygen atoms in total. The van der Waals surface area contributed by atoms with Crippen LogP contribution in [0.15, 0.2) is 30.3 Å². The Bertz CT molecular complexity index is 521. The summed E-state index contributed by atoms with van der Waals surface area (Å²) in [6.07, 6.45) is 4.50. The van der Waals surface area contributed by atoms with Gasteiger partial charge in [-0.3, -0.25) is 14.9 Å². The van der Waals surface area contributed by atoms with E-state index < -0.39 is 0 Å². The van der Waals surface area contributed by atoms with E-state index >= 15 is 0 Å². The number of nitrogens with one attached hydrogen (secondary N) is 1. The van der Waals surface area contributed by atoms with Crippen molar-refractivity contribution in [1.29, 1.82) is 0 Å². The van der Waals surface area contributed by atoms with Crippen LogP contribution in [0.5, 0.6) is 0 Å². The van der Waals surface area contributed by atoms with Gasteiger partial charge < -0.3 is 0 Å². The van der Waals surface area contributed by atoms with Gasteiger partial charge in [0, 0.05) is 12.3 Å². The van der Waals surface area contributed by atoms with Gasteiger partial charge in [0.05, 0.1) is 0 Å². The van der Waals surface area contributed by atoms with Crippen LogP contribution in [0.1, 0.15) is 38.2 Å². The lowest BCUT2D eigenvalue weighted by Crippen LogP contribution is -2.53. The number of carbonyl (C=O) groups is 2. The zero-order valence-corrected chi connectivity index (χ0v) is 11.9. The molecule has 0 bridgehead atoms. The summed E-state index contributed by atoms with van der Waals surface area (Å²) in [5.74, 6) is 0.322. The lowest BCUT2D eigenvalue weighted by Gasteiger charge is -2.42. The lowest BCUT2D eigenvalue weighted by atomic mass is 9.63. The first-order valence-corrected chi connectivity index (χ1v) is 7.53. The maximum absolute atomic E-state index is 12.4. The SMILES string of the molecule is CCC1(C2CC2)CC(=O)NC(=O)C1Cc1ccccc1. The molecule has 2 atom stereocenters. The number of amides is 2. The molecular formula is C17H21NO2. The zero-order valence-electron chi connectivity index (χ0n) is 11.9. The van der Waals surface area contributed by atoms with Crippen LogP contribution in [-0.2, 0) is 16.0 Å². The largest absolute Gasteiger partial charge is 0.296 e. The normalized spacial score (nSPS) is 30.1. The van der Waals surface area contributed by atoms with E-state index in [0.717, 1.165) is 12.8 Å². The highest BCUT2D eigenvalue weighted by Gasteiger charge is 2.54. The minimum Gasteiger partial charge on any atom is -0.296 e. The number of benzene rings is 1. The fourth-order valence-corrected chi connectivity index (χ4v) is 3.84. The standard InChI is InChI=1S/C17H21NO2/c1-2-17(13-8-9-13)11-15(19)18-16(20)14(17)10-12-6-4-3-5-7-12/h3-7,13-14H,2,8-11H2,1H3,(H,18,19,20). The quantitative estimate of drug-likeness (QED) is 0.856. The maximum Gasteiger partial charge on any atom is 0.230 e. The number of hydrogen-bond acceptors (Lipinski definition) is 2. The highest BCUT2D eigenvalue weighted by Crippen LogP contribution is 2.56. The molecule has 1 heterocycles. The van der Waals surface area contributed by atoms with Gasteiger partial charge in [-0.1, -0.05) is 37.3 Å². The van der Waals surface area contributed by atoms with Gasteiger partial charge >= 0.3 is 0 Å². The molecule has 1 aliphatic heterocycles. The van der Waals surface area contributed by atoms with E-state index in [4.69, 9.17) is 0 Å². The van der Waals surface area contributed by atoms with E-state index in [9.17, 15) is 9.59 Å². The molecule has 2 fully saturated rings. The molecule has 20 heavy (non-hydrogen) atoms. The van der Waals surface area contributed by atoms with Gasteiger partial charge in [-0.2, -0.15) is 0 Å². The third-order valence-electron chi connectivity index (χ3n) is 5.09. The van der Waals surface area contributed by atoms with Crippen LogP contribution in [0, 0.1) is 17.3 Å². The first-order chi connectivity index (χ1) is 9.65. The second kappa shape index (κ2) is 5.04. The molecular weight excluding hydrogens is 250 g/mol. The van der Waals surface area contributed by atoms with E-state index in [1.807, 2.05) is 18.2 Å². The summed E-state index contributed by atoms with van der Waals surface area (Å²) in [6, 6.07) is 10.1. The Hall–Kier alpha value is -1.64. The van der Waals surface area contributed by atoms with Gasteiger partial charge in [0.15, 0.2) is 0 Å². The van der Waals surface area contributed by atoms with Crippen LogP contribution in [0.25, 0.3) is 0 Å².